The van der Waals surface area contributed by atoms with Crippen LogP contribution >= 0.6 is 0 Å². The van der Waals surface area contributed by atoms with E-state index in [1.54, 1.807) is 29.8 Å². The quantitative estimate of drug-likeness (QED) is 0.0304. The number of fused-ring (bicyclic) bond motifs is 5. The van der Waals surface area contributed by atoms with Crippen LogP contribution in [-0.4, -0.2) is 42.5 Å². The van der Waals surface area contributed by atoms with Gasteiger partial charge in [-0.05, 0) is 147 Å². The maximum absolute atomic E-state index is 13.0. The van der Waals surface area contributed by atoms with E-state index in [4.69, 9.17) is 14.2 Å². The molecule has 3 saturated carbocycles. The van der Waals surface area contributed by atoms with Gasteiger partial charge in [0.25, 0.3) is 5.91 Å². The monoisotopic (exact) mass is 909 g/mol. The van der Waals surface area contributed by atoms with E-state index in [0.717, 1.165) is 66.9 Å². The Kier molecular flexibility index (Phi) is 19.9. The average Bonchev–Trinajstić information content (AvgIpc) is 3.66. The van der Waals surface area contributed by atoms with E-state index >= 15 is 0 Å². The number of nitrogens with one attached hydrogen (secondary N) is 1. The number of nitrogens with zero attached hydrogens (tertiary/aromatic N) is 1. The summed E-state index contributed by atoms with van der Waals surface area (Å²) < 4.78 is 17.9. The zero-order valence-electron chi connectivity index (χ0n) is 42.1. The van der Waals surface area contributed by atoms with Crippen LogP contribution in [0.25, 0.3) is 0 Å². The molecule has 0 aromatic heterocycles. The number of ether oxygens (including phenoxy) is 3. The summed E-state index contributed by atoms with van der Waals surface area (Å²) in [6.07, 6.45) is 32.5. The fourth-order valence-electron chi connectivity index (χ4n) is 13.0. The summed E-state index contributed by atoms with van der Waals surface area (Å²) in [6.45, 7) is 15.9. The minimum absolute atomic E-state index is 0.00292. The third-order valence-electron chi connectivity index (χ3n) is 16.9. The number of hydrogen-bond donors (Lipinski definition) is 2. The van der Waals surface area contributed by atoms with Crippen LogP contribution in [0.1, 0.15) is 212 Å². The number of aromatic hydroxyl groups is 1. The van der Waals surface area contributed by atoms with Gasteiger partial charge in [0.2, 0.25) is 0 Å². The molecule has 0 radical (unpaired) electrons. The Hall–Kier alpha value is -3.81. The number of esters is 1. The first kappa shape index (κ1) is 51.6. The van der Waals surface area contributed by atoms with Gasteiger partial charge in [0.05, 0.1) is 19.4 Å². The molecule has 0 aliphatic heterocycles. The topological polar surface area (TPSA) is 106 Å². The first-order valence-corrected chi connectivity index (χ1v) is 26.8. The van der Waals surface area contributed by atoms with Gasteiger partial charge in [-0.1, -0.05) is 130 Å². The first-order valence-electron chi connectivity index (χ1n) is 26.8. The molecule has 0 saturated heterocycles. The molecule has 0 unspecified atom stereocenters. The summed E-state index contributed by atoms with van der Waals surface area (Å²) in [4.78, 5) is 25.7. The highest BCUT2D eigenvalue weighted by atomic mass is 16.5. The molecule has 4 aliphatic rings. The molecule has 2 aromatic carbocycles. The lowest BCUT2D eigenvalue weighted by atomic mass is 9.47. The van der Waals surface area contributed by atoms with Crippen molar-refractivity contribution in [3.05, 3.63) is 65.2 Å². The third kappa shape index (κ3) is 14.1. The Morgan fingerprint density at radius 2 is 1.47 bits per heavy atom. The van der Waals surface area contributed by atoms with E-state index < -0.39 is 0 Å². The number of hydrazone groups is 1. The van der Waals surface area contributed by atoms with Crippen LogP contribution < -0.4 is 14.9 Å². The molecule has 0 spiro atoms. The van der Waals surface area contributed by atoms with Crippen molar-refractivity contribution in [2.75, 3.05) is 13.2 Å². The van der Waals surface area contributed by atoms with E-state index in [0.29, 0.717) is 54.8 Å². The number of amides is 1. The molecule has 0 bridgehead atoms. The fourth-order valence-corrected chi connectivity index (χ4v) is 13.0. The van der Waals surface area contributed by atoms with Crippen LogP contribution in [0, 0.1) is 46.3 Å². The van der Waals surface area contributed by atoms with Crippen LogP contribution in [0.4, 0.5) is 0 Å². The summed E-state index contributed by atoms with van der Waals surface area (Å²) in [5.41, 5.74) is 5.76. The highest BCUT2D eigenvalue weighted by molar-refractivity contribution is 5.95. The number of rotatable bonds is 27. The third-order valence-corrected chi connectivity index (χ3v) is 16.9. The van der Waals surface area contributed by atoms with E-state index in [2.05, 4.69) is 58.1 Å². The van der Waals surface area contributed by atoms with Gasteiger partial charge in [0.15, 0.2) is 0 Å². The molecule has 0 heterocycles. The molecular formula is C58H88N2O6. The van der Waals surface area contributed by atoms with Gasteiger partial charge in [-0.15, -0.1) is 0 Å². The molecule has 66 heavy (non-hydrogen) atoms. The van der Waals surface area contributed by atoms with Crippen LogP contribution in [0.3, 0.4) is 0 Å². The second kappa shape index (κ2) is 25.5. The highest BCUT2D eigenvalue weighted by Crippen LogP contribution is 2.67. The van der Waals surface area contributed by atoms with Crippen molar-refractivity contribution >= 4 is 18.1 Å². The molecule has 4 aliphatic carbocycles. The number of hydrogen-bond acceptors (Lipinski definition) is 7. The zero-order chi connectivity index (χ0) is 46.9. The van der Waals surface area contributed by atoms with Crippen LogP contribution in [0.5, 0.6) is 17.2 Å². The molecule has 8 heteroatoms. The predicted molar refractivity (Wildman–Crippen MR) is 269 cm³/mol. The lowest BCUT2D eigenvalue weighted by molar-refractivity contribution is -0.151. The number of carbonyl (C=O) groups excluding carboxylic acids is 2. The molecule has 366 valence electrons. The second-order valence-electron chi connectivity index (χ2n) is 21.9. The SMILES string of the molecule is CCCCCCCCCCCCOc1ccc(C(=O)N/N=C/c2ccc(OCCCCC(=O)O[C@H]3CC[C@@]4(C)C(=CC[C@H]5[C@@H]6CC[C@H]([C@H](C)CCCC(C)C)[C@@]6(C)CC[C@@H]54)C3)cc2O)cc1. The Morgan fingerprint density at radius 1 is 0.788 bits per heavy atom. The summed E-state index contributed by atoms with van der Waals surface area (Å²) in [5, 5.41) is 14.7. The standard InChI is InChI=1S/C58H88N2O6/c1-7-8-9-10-11-12-13-14-15-17-37-64-47-27-23-44(24-28-47)56(63)60-59-41-45-25-29-48(40-54(45)61)65-38-18-16-22-55(62)66-49-33-35-57(5)46(39-49)26-30-50-52-32-31-51(43(4)21-19-20-42(2)3)58(52,6)36-34-53(50)57/h23-29,40-43,49-53,61H,7-22,30-39H2,1-6H3,(H,60,63)/b59-41+/t43-,49+,50+,51-,52+,53+,57+,58-/m1/s1. The molecule has 8 nitrogen and oxygen atoms in total. The number of carbonyl (C=O) groups is 2. The summed E-state index contributed by atoms with van der Waals surface area (Å²) >= 11 is 0. The molecule has 3 fully saturated rings. The van der Waals surface area contributed by atoms with Crippen molar-refractivity contribution in [2.24, 2.45) is 51.4 Å². The molecule has 8 atom stereocenters. The maximum atomic E-state index is 13.0. The van der Waals surface area contributed by atoms with Gasteiger partial charge in [0, 0.05) is 30.0 Å². The van der Waals surface area contributed by atoms with Crippen molar-refractivity contribution in [3.63, 3.8) is 0 Å². The Bertz CT molecular complexity index is 1870. The summed E-state index contributed by atoms with van der Waals surface area (Å²) in [5.74, 6) is 5.76. The fraction of sp³-hybridized carbons (Fsp3) is 0.707. The average molecular weight is 909 g/mol. The lowest BCUT2D eigenvalue weighted by Crippen LogP contribution is -2.51. The summed E-state index contributed by atoms with van der Waals surface area (Å²) in [6, 6.07) is 12.1. The molecule has 2 aromatic rings. The number of unbranched alkanes of at least 4 members (excludes halogenated alkanes) is 10. The van der Waals surface area contributed by atoms with Crippen molar-refractivity contribution in [3.8, 4) is 17.2 Å². The minimum atomic E-state index is -0.349. The zero-order valence-corrected chi connectivity index (χ0v) is 42.1. The number of phenolic OH excluding ortho intramolecular Hbond substituents is 1. The molecular weight excluding hydrogens is 821 g/mol. The van der Waals surface area contributed by atoms with Gasteiger partial charge < -0.3 is 19.3 Å². The van der Waals surface area contributed by atoms with E-state index in [1.165, 1.54) is 121 Å². The first-order chi connectivity index (χ1) is 31.9. The lowest BCUT2D eigenvalue weighted by Gasteiger charge is -2.58. The van der Waals surface area contributed by atoms with Gasteiger partial charge in [-0.25, -0.2) is 5.43 Å². The van der Waals surface area contributed by atoms with Crippen LogP contribution in [0.2, 0.25) is 0 Å². The van der Waals surface area contributed by atoms with Gasteiger partial charge >= 0.3 is 5.97 Å². The van der Waals surface area contributed by atoms with Crippen molar-refractivity contribution in [2.45, 2.75) is 202 Å². The van der Waals surface area contributed by atoms with Crippen LogP contribution in [-0.2, 0) is 9.53 Å². The molecule has 2 N–H and O–H groups in total. The normalized spacial score (nSPS) is 26.3. The highest BCUT2D eigenvalue weighted by Gasteiger charge is 2.59. The van der Waals surface area contributed by atoms with E-state index in [1.807, 2.05) is 12.1 Å². The predicted octanol–water partition coefficient (Wildman–Crippen LogP) is 15.0. The van der Waals surface area contributed by atoms with Crippen molar-refractivity contribution in [1.29, 1.82) is 0 Å². The number of phenols is 1. The molecule has 6 rings (SSSR count). The molecule has 1 amide bonds. The summed E-state index contributed by atoms with van der Waals surface area (Å²) in [7, 11) is 0. The maximum Gasteiger partial charge on any atom is 0.306 e. The van der Waals surface area contributed by atoms with Crippen molar-refractivity contribution in [1.82, 2.24) is 5.43 Å². The minimum Gasteiger partial charge on any atom is -0.507 e. The second-order valence-corrected chi connectivity index (χ2v) is 21.9. The van der Waals surface area contributed by atoms with E-state index in [-0.39, 0.29) is 29.1 Å². The van der Waals surface area contributed by atoms with Gasteiger partial charge in [-0.2, -0.15) is 5.10 Å². The van der Waals surface area contributed by atoms with Crippen molar-refractivity contribution < 1.29 is 28.9 Å². The Morgan fingerprint density at radius 3 is 2.18 bits per heavy atom. The number of benzene rings is 2. The number of allylic oxidation sites excluding steroid dienone is 1. The Balaban J connectivity index is 0.836. The van der Waals surface area contributed by atoms with Gasteiger partial charge in [-0.3, -0.25) is 9.59 Å². The van der Waals surface area contributed by atoms with E-state index in [9.17, 15) is 14.7 Å². The largest absolute Gasteiger partial charge is 0.507 e. The Labute approximate surface area is 399 Å². The van der Waals surface area contributed by atoms with Crippen LogP contribution in [0.15, 0.2) is 59.2 Å². The van der Waals surface area contributed by atoms with Gasteiger partial charge in [0.1, 0.15) is 23.4 Å². The smallest absolute Gasteiger partial charge is 0.306 e.